The van der Waals surface area contributed by atoms with Crippen molar-refractivity contribution in [2.75, 3.05) is 0 Å². The minimum absolute atomic E-state index is 0.268. The van der Waals surface area contributed by atoms with Gasteiger partial charge in [0.1, 0.15) is 0 Å². The summed E-state index contributed by atoms with van der Waals surface area (Å²) in [6, 6.07) is 20.9. The van der Waals surface area contributed by atoms with Crippen LogP contribution in [0, 0.1) is 0 Å². The third-order valence-corrected chi connectivity index (χ3v) is 3.68. The van der Waals surface area contributed by atoms with Gasteiger partial charge in [-0.05, 0) is 17.5 Å². The largest absolute Gasteiger partial charge is 0.334 e. The van der Waals surface area contributed by atoms with Crippen molar-refractivity contribution in [3.8, 4) is 0 Å². The topological polar surface area (TPSA) is 20.3 Å². The zero-order valence-electron chi connectivity index (χ0n) is 10.8. The average Bonchev–Trinajstić information content (AvgIpc) is 2.47. The van der Waals surface area contributed by atoms with E-state index in [1.807, 2.05) is 29.2 Å². The number of benzene rings is 2. The Hall–Kier alpha value is -2.09. The number of rotatable bonds is 4. The molecule has 1 saturated heterocycles. The van der Waals surface area contributed by atoms with E-state index in [1.165, 1.54) is 11.1 Å². The smallest absolute Gasteiger partial charge is 0.225 e. The van der Waals surface area contributed by atoms with Crippen LogP contribution in [0.25, 0.3) is 0 Å². The minimum atomic E-state index is 0.268. The Morgan fingerprint density at radius 1 is 0.895 bits per heavy atom. The Morgan fingerprint density at radius 3 is 2.05 bits per heavy atom. The number of amides is 1. The van der Waals surface area contributed by atoms with Gasteiger partial charge < -0.3 is 4.90 Å². The second-order valence-electron chi connectivity index (χ2n) is 5.05. The Kier molecular flexibility index (Phi) is 3.32. The highest BCUT2D eigenvalue weighted by atomic mass is 16.2. The third-order valence-electron chi connectivity index (χ3n) is 3.68. The van der Waals surface area contributed by atoms with Crippen molar-refractivity contribution in [1.29, 1.82) is 0 Å². The maximum absolute atomic E-state index is 11.8. The van der Waals surface area contributed by atoms with E-state index in [1.54, 1.807) is 0 Å². The number of nitrogens with zero attached hydrogens (tertiary/aromatic N) is 1. The second-order valence-corrected chi connectivity index (χ2v) is 5.05. The first-order valence-electron chi connectivity index (χ1n) is 6.70. The summed E-state index contributed by atoms with van der Waals surface area (Å²) in [5.74, 6) is 0.268. The number of β-lactam (4-membered cyclic amide) rings is 1. The van der Waals surface area contributed by atoms with E-state index in [4.69, 9.17) is 0 Å². The highest BCUT2D eigenvalue weighted by Crippen LogP contribution is 2.25. The van der Waals surface area contributed by atoms with Gasteiger partial charge in [-0.2, -0.15) is 0 Å². The molecule has 0 spiro atoms. The summed E-state index contributed by atoms with van der Waals surface area (Å²) in [7, 11) is 0. The quantitative estimate of drug-likeness (QED) is 0.765. The van der Waals surface area contributed by atoms with Gasteiger partial charge in [0.2, 0.25) is 5.91 Å². The molecule has 1 aliphatic heterocycles. The molecule has 0 aliphatic carbocycles. The molecule has 0 saturated carbocycles. The van der Waals surface area contributed by atoms with Crippen LogP contribution in [-0.4, -0.2) is 16.8 Å². The van der Waals surface area contributed by atoms with Crippen LogP contribution in [0.3, 0.4) is 0 Å². The molecule has 1 heterocycles. The Morgan fingerprint density at radius 2 is 1.47 bits per heavy atom. The molecule has 0 radical (unpaired) electrons. The van der Waals surface area contributed by atoms with Crippen LogP contribution in [0.4, 0.5) is 0 Å². The molecular formula is C17H17NO. The molecule has 2 heteroatoms. The molecule has 0 N–H and O–H groups in total. The summed E-state index contributed by atoms with van der Waals surface area (Å²) in [6.07, 6.45) is 1.64. The lowest BCUT2D eigenvalue weighted by Crippen LogP contribution is -2.52. The van der Waals surface area contributed by atoms with Gasteiger partial charge in [-0.25, -0.2) is 0 Å². The highest BCUT2D eigenvalue weighted by Gasteiger charge is 2.35. The zero-order valence-corrected chi connectivity index (χ0v) is 10.8. The highest BCUT2D eigenvalue weighted by molar-refractivity contribution is 5.83. The van der Waals surface area contributed by atoms with Gasteiger partial charge in [-0.1, -0.05) is 60.7 Å². The standard InChI is InChI=1S/C17H17NO/c19-17-12-16(11-14-7-3-1-4-8-14)18(17)13-15-9-5-2-6-10-15/h1-10,16H,11-13H2. The van der Waals surface area contributed by atoms with E-state index < -0.39 is 0 Å². The fourth-order valence-electron chi connectivity index (χ4n) is 2.59. The van der Waals surface area contributed by atoms with Crippen molar-refractivity contribution in [2.24, 2.45) is 0 Å². The summed E-state index contributed by atoms with van der Waals surface area (Å²) < 4.78 is 0. The number of carbonyl (C=O) groups excluding carboxylic acids is 1. The van der Waals surface area contributed by atoms with Crippen molar-refractivity contribution < 1.29 is 4.79 Å². The van der Waals surface area contributed by atoms with Gasteiger partial charge in [0.15, 0.2) is 0 Å². The first-order chi connectivity index (χ1) is 9.33. The van der Waals surface area contributed by atoms with Crippen molar-refractivity contribution in [2.45, 2.75) is 25.4 Å². The lowest BCUT2D eigenvalue weighted by Gasteiger charge is -2.40. The lowest BCUT2D eigenvalue weighted by atomic mass is 9.93. The van der Waals surface area contributed by atoms with E-state index in [9.17, 15) is 4.79 Å². The van der Waals surface area contributed by atoms with E-state index in [0.717, 1.165) is 13.0 Å². The summed E-state index contributed by atoms with van der Waals surface area (Å²) in [6.45, 7) is 0.733. The number of likely N-dealkylation sites (tertiary alicyclic amines) is 1. The van der Waals surface area contributed by atoms with Gasteiger partial charge >= 0.3 is 0 Å². The first-order valence-corrected chi connectivity index (χ1v) is 6.70. The summed E-state index contributed by atoms with van der Waals surface area (Å²) in [4.78, 5) is 13.7. The number of carbonyl (C=O) groups is 1. The predicted molar refractivity (Wildman–Crippen MR) is 75.5 cm³/mol. The van der Waals surface area contributed by atoms with Crippen LogP contribution in [-0.2, 0) is 17.8 Å². The molecule has 1 atom stereocenters. The van der Waals surface area contributed by atoms with Crippen LogP contribution >= 0.6 is 0 Å². The number of hydrogen-bond donors (Lipinski definition) is 0. The predicted octanol–water partition coefficient (Wildman–Crippen LogP) is 3.03. The molecule has 96 valence electrons. The van der Waals surface area contributed by atoms with Crippen LogP contribution in [0.2, 0.25) is 0 Å². The van der Waals surface area contributed by atoms with Crippen LogP contribution in [0.1, 0.15) is 17.5 Å². The molecule has 1 amide bonds. The minimum Gasteiger partial charge on any atom is -0.334 e. The summed E-state index contributed by atoms with van der Waals surface area (Å²) >= 11 is 0. The molecule has 19 heavy (non-hydrogen) atoms. The van der Waals surface area contributed by atoms with Crippen molar-refractivity contribution >= 4 is 5.91 Å². The molecule has 1 fully saturated rings. The molecule has 1 aliphatic rings. The van der Waals surface area contributed by atoms with Gasteiger partial charge in [-0.3, -0.25) is 4.79 Å². The van der Waals surface area contributed by atoms with E-state index in [0.29, 0.717) is 12.5 Å². The Bertz CT molecular complexity index is 550. The number of hydrogen-bond acceptors (Lipinski definition) is 1. The fourth-order valence-corrected chi connectivity index (χ4v) is 2.59. The molecular weight excluding hydrogens is 234 g/mol. The van der Waals surface area contributed by atoms with E-state index in [-0.39, 0.29) is 5.91 Å². The zero-order chi connectivity index (χ0) is 13.1. The summed E-state index contributed by atoms with van der Waals surface area (Å²) in [5.41, 5.74) is 2.51. The Labute approximate surface area is 113 Å². The van der Waals surface area contributed by atoms with Crippen molar-refractivity contribution in [3.05, 3.63) is 71.8 Å². The van der Waals surface area contributed by atoms with Gasteiger partial charge in [0.25, 0.3) is 0 Å². The fraction of sp³-hybridized carbons (Fsp3) is 0.235. The molecule has 2 nitrogen and oxygen atoms in total. The van der Waals surface area contributed by atoms with Gasteiger partial charge in [0.05, 0.1) is 0 Å². The van der Waals surface area contributed by atoms with Crippen LogP contribution < -0.4 is 0 Å². The maximum Gasteiger partial charge on any atom is 0.225 e. The molecule has 3 rings (SSSR count). The van der Waals surface area contributed by atoms with Gasteiger partial charge in [0, 0.05) is 19.0 Å². The average molecular weight is 251 g/mol. The molecule has 0 aromatic heterocycles. The molecule has 2 aromatic rings. The van der Waals surface area contributed by atoms with E-state index >= 15 is 0 Å². The van der Waals surface area contributed by atoms with Gasteiger partial charge in [-0.15, -0.1) is 0 Å². The van der Waals surface area contributed by atoms with Crippen molar-refractivity contribution in [1.82, 2.24) is 4.90 Å². The SMILES string of the molecule is O=C1CC(Cc2ccccc2)N1Cc1ccccc1. The van der Waals surface area contributed by atoms with Crippen molar-refractivity contribution in [3.63, 3.8) is 0 Å². The summed E-state index contributed by atoms with van der Waals surface area (Å²) in [5, 5.41) is 0. The third kappa shape index (κ3) is 2.68. The normalized spacial score (nSPS) is 18.2. The monoisotopic (exact) mass is 251 g/mol. The first kappa shape index (κ1) is 12.0. The lowest BCUT2D eigenvalue weighted by molar-refractivity contribution is -0.146. The second kappa shape index (κ2) is 5.27. The maximum atomic E-state index is 11.8. The van der Waals surface area contributed by atoms with Crippen LogP contribution in [0.15, 0.2) is 60.7 Å². The molecule has 1 unspecified atom stereocenters. The molecule has 0 bridgehead atoms. The Balaban J connectivity index is 1.66. The van der Waals surface area contributed by atoms with Crippen LogP contribution in [0.5, 0.6) is 0 Å². The van der Waals surface area contributed by atoms with E-state index in [2.05, 4.69) is 36.4 Å². The molecule has 2 aromatic carbocycles.